The number of carbonyl (C=O) groups excluding carboxylic acids is 1. The summed E-state index contributed by atoms with van der Waals surface area (Å²) in [6.45, 7) is 5.24. The molecule has 0 aliphatic carbocycles. The number of carboxylic acid groups (broad SMARTS) is 1. The highest BCUT2D eigenvalue weighted by Gasteiger charge is 2.38. The van der Waals surface area contributed by atoms with Crippen LogP contribution in [0.2, 0.25) is 0 Å². The third kappa shape index (κ3) is 6.28. The number of phenolic OH excluding ortho intramolecular Hbond substituents is 1. The Labute approximate surface area is 164 Å². The third-order valence-corrected chi connectivity index (χ3v) is 3.97. The number of carbonyl (C=O) groups is 2. The van der Waals surface area contributed by atoms with Gasteiger partial charge in [-0.1, -0.05) is 42.5 Å². The summed E-state index contributed by atoms with van der Waals surface area (Å²) in [6, 6.07) is 14.2. The topological polar surface area (TPSA) is 96.3 Å². The Hall–Kier alpha value is -3.06. The van der Waals surface area contributed by atoms with E-state index in [0.717, 1.165) is 10.6 Å². The molecule has 0 unspecified atom stereocenters. The molecule has 0 heterocycles. The number of benzene rings is 2. The highest BCUT2D eigenvalue weighted by Crippen LogP contribution is 2.22. The van der Waals surface area contributed by atoms with Gasteiger partial charge in [-0.05, 0) is 44.0 Å². The van der Waals surface area contributed by atoms with E-state index in [2.05, 4.69) is 0 Å². The van der Waals surface area contributed by atoms with Crippen molar-refractivity contribution in [2.75, 3.05) is 0 Å². The maximum atomic E-state index is 12.2. The summed E-state index contributed by atoms with van der Waals surface area (Å²) >= 11 is 0. The number of rotatable bonds is 7. The first kappa shape index (κ1) is 21.2. The Balaban J connectivity index is 2.11. The Bertz CT molecular complexity index is 783. The van der Waals surface area contributed by atoms with Crippen molar-refractivity contribution in [1.82, 2.24) is 5.06 Å². The molecule has 1 atom stereocenters. The van der Waals surface area contributed by atoms with Crippen LogP contribution in [0.25, 0.3) is 0 Å². The van der Waals surface area contributed by atoms with Crippen LogP contribution in [0.15, 0.2) is 54.6 Å². The van der Waals surface area contributed by atoms with Crippen molar-refractivity contribution in [3.8, 4) is 5.75 Å². The molecule has 0 bridgehead atoms. The van der Waals surface area contributed by atoms with E-state index in [9.17, 15) is 19.8 Å². The van der Waals surface area contributed by atoms with E-state index >= 15 is 0 Å². The second-order valence-electron chi connectivity index (χ2n) is 7.34. The van der Waals surface area contributed by atoms with Crippen molar-refractivity contribution < 1.29 is 29.4 Å². The van der Waals surface area contributed by atoms with Crippen LogP contribution in [0.1, 0.15) is 31.9 Å². The van der Waals surface area contributed by atoms with Gasteiger partial charge >= 0.3 is 12.1 Å². The molecule has 0 aliphatic rings. The van der Waals surface area contributed by atoms with Gasteiger partial charge in [0.1, 0.15) is 18.4 Å². The third-order valence-electron chi connectivity index (χ3n) is 3.97. The Morgan fingerprint density at radius 3 is 2.14 bits per heavy atom. The monoisotopic (exact) mass is 387 g/mol. The highest BCUT2D eigenvalue weighted by molar-refractivity contribution is 5.74. The molecular weight excluding hydrogens is 362 g/mol. The molecule has 0 amide bonds. The van der Waals surface area contributed by atoms with Crippen LogP contribution in [0, 0.1) is 0 Å². The van der Waals surface area contributed by atoms with E-state index < -0.39 is 23.7 Å². The van der Waals surface area contributed by atoms with Gasteiger partial charge in [-0.15, -0.1) is 5.06 Å². The Kier molecular flexibility index (Phi) is 7.00. The fourth-order valence-corrected chi connectivity index (χ4v) is 2.62. The molecule has 0 radical (unpaired) electrons. The van der Waals surface area contributed by atoms with Gasteiger partial charge < -0.3 is 19.8 Å². The predicted octanol–water partition coefficient (Wildman–Crippen LogP) is 3.76. The van der Waals surface area contributed by atoms with E-state index in [1.54, 1.807) is 45.0 Å². The minimum absolute atomic E-state index is 0.0212. The molecule has 2 aromatic carbocycles. The number of aromatic hydroxyl groups is 1. The normalized spacial score (nSPS) is 12.4. The van der Waals surface area contributed by atoms with Crippen LogP contribution in [-0.4, -0.2) is 39.0 Å². The summed E-state index contributed by atoms with van der Waals surface area (Å²) in [4.78, 5) is 29.4. The molecule has 0 aliphatic heterocycles. The lowest BCUT2D eigenvalue weighted by molar-refractivity contribution is -0.212. The van der Waals surface area contributed by atoms with Crippen molar-refractivity contribution in [2.24, 2.45) is 0 Å². The van der Waals surface area contributed by atoms with E-state index in [-0.39, 0.29) is 18.8 Å². The van der Waals surface area contributed by atoms with Crippen molar-refractivity contribution in [3.63, 3.8) is 0 Å². The minimum Gasteiger partial charge on any atom is -0.508 e. The molecule has 2 rings (SSSR count). The largest absolute Gasteiger partial charge is 0.528 e. The molecule has 0 aromatic heterocycles. The highest BCUT2D eigenvalue weighted by atomic mass is 16.8. The molecule has 2 N–H and O–H groups in total. The second-order valence-corrected chi connectivity index (χ2v) is 7.34. The first-order valence-corrected chi connectivity index (χ1v) is 8.85. The smallest absolute Gasteiger partial charge is 0.508 e. The van der Waals surface area contributed by atoms with Gasteiger partial charge in [0.2, 0.25) is 0 Å². The number of carboxylic acids is 1. The molecule has 0 fully saturated rings. The van der Waals surface area contributed by atoms with Crippen LogP contribution in [0.5, 0.6) is 5.75 Å². The fraction of sp³-hybridized carbons (Fsp3) is 0.333. The molecule has 0 spiro atoms. The number of nitrogens with zero attached hydrogens (tertiary/aromatic N) is 1. The standard InChI is InChI=1S/C21H25NO6/c1-21(2,3)22(28-20(26)27-14-16-7-5-4-6-8-16)18(19(24)25)13-15-9-11-17(23)12-10-15/h4-12,18,23H,13-14H2,1-3H3,(H,24,25)/t18-/m0/s1. The van der Waals surface area contributed by atoms with Gasteiger partial charge in [-0.25, -0.2) is 4.79 Å². The molecular formula is C21H25NO6. The summed E-state index contributed by atoms with van der Waals surface area (Å²) in [5, 5.41) is 20.3. The average Bonchev–Trinajstić information content (AvgIpc) is 2.64. The van der Waals surface area contributed by atoms with Crippen LogP contribution in [0.3, 0.4) is 0 Å². The number of aliphatic carboxylic acids is 1. The molecule has 28 heavy (non-hydrogen) atoms. The van der Waals surface area contributed by atoms with Gasteiger partial charge in [0.15, 0.2) is 0 Å². The van der Waals surface area contributed by atoms with Crippen LogP contribution in [-0.2, 0) is 27.4 Å². The second kappa shape index (κ2) is 9.23. The maximum absolute atomic E-state index is 12.2. The molecule has 0 saturated heterocycles. The van der Waals surface area contributed by atoms with Gasteiger partial charge in [0.25, 0.3) is 0 Å². The fourth-order valence-electron chi connectivity index (χ4n) is 2.62. The molecule has 0 saturated carbocycles. The quantitative estimate of drug-likeness (QED) is 0.551. The molecule has 7 nitrogen and oxygen atoms in total. The van der Waals surface area contributed by atoms with Gasteiger partial charge in [0.05, 0.1) is 0 Å². The van der Waals surface area contributed by atoms with Crippen molar-refractivity contribution in [3.05, 3.63) is 65.7 Å². The van der Waals surface area contributed by atoms with Gasteiger partial charge in [0, 0.05) is 12.0 Å². The zero-order valence-electron chi connectivity index (χ0n) is 16.2. The van der Waals surface area contributed by atoms with Crippen LogP contribution >= 0.6 is 0 Å². The van der Waals surface area contributed by atoms with Crippen molar-refractivity contribution in [2.45, 2.75) is 45.4 Å². The summed E-state index contributed by atoms with van der Waals surface area (Å²) in [7, 11) is 0. The first-order valence-electron chi connectivity index (χ1n) is 8.85. The van der Waals surface area contributed by atoms with Crippen molar-refractivity contribution in [1.29, 1.82) is 0 Å². The van der Waals surface area contributed by atoms with Gasteiger partial charge in [-0.2, -0.15) is 0 Å². The van der Waals surface area contributed by atoms with Crippen molar-refractivity contribution >= 4 is 12.1 Å². The lowest BCUT2D eigenvalue weighted by Crippen LogP contribution is -2.53. The number of hydrogen-bond acceptors (Lipinski definition) is 6. The maximum Gasteiger partial charge on any atom is 0.528 e. The lowest BCUT2D eigenvalue weighted by atomic mass is 10.0. The van der Waals surface area contributed by atoms with E-state index in [1.165, 1.54) is 12.1 Å². The average molecular weight is 387 g/mol. The van der Waals surface area contributed by atoms with E-state index in [0.29, 0.717) is 5.56 Å². The number of hydrogen-bond donors (Lipinski definition) is 2. The first-order chi connectivity index (χ1) is 13.2. The molecule has 2 aromatic rings. The number of phenols is 1. The summed E-state index contributed by atoms with van der Waals surface area (Å²) in [6.07, 6.45) is -0.894. The van der Waals surface area contributed by atoms with E-state index in [4.69, 9.17) is 9.57 Å². The Morgan fingerprint density at radius 1 is 1.00 bits per heavy atom. The molecule has 150 valence electrons. The summed E-state index contributed by atoms with van der Waals surface area (Å²) in [5.41, 5.74) is 0.687. The zero-order chi connectivity index (χ0) is 20.7. The van der Waals surface area contributed by atoms with Crippen LogP contribution in [0.4, 0.5) is 4.79 Å². The summed E-state index contributed by atoms with van der Waals surface area (Å²) in [5.74, 6) is -1.05. The zero-order valence-corrected chi connectivity index (χ0v) is 16.2. The SMILES string of the molecule is CC(C)(C)N(OC(=O)OCc1ccccc1)[C@@H](Cc1ccc(O)cc1)C(=O)O. The predicted molar refractivity (Wildman–Crippen MR) is 103 cm³/mol. The summed E-state index contributed by atoms with van der Waals surface area (Å²) < 4.78 is 5.12. The van der Waals surface area contributed by atoms with Gasteiger partial charge in [-0.3, -0.25) is 4.79 Å². The number of hydroxylamine groups is 2. The van der Waals surface area contributed by atoms with Crippen LogP contribution < -0.4 is 0 Å². The minimum atomic E-state index is -1.14. The van der Waals surface area contributed by atoms with E-state index in [1.807, 2.05) is 18.2 Å². The number of ether oxygens (including phenoxy) is 1. The molecule has 7 heteroatoms. The Morgan fingerprint density at radius 2 is 1.61 bits per heavy atom. The lowest BCUT2D eigenvalue weighted by Gasteiger charge is -2.37.